The lowest BCUT2D eigenvalue weighted by atomic mass is 9.75. The van der Waals surface area contributed by atoms with Crippen LogP contribution in [0, 0.1) is 5.41 Å². The van der Waals surface area contributed by atoms with E-state index < -0.39 is 0 Å². The summed E-state index contributed by atoms with van der Waals surface area (Å²) in [5.41, 5.74) is 0.968. The van der Waals surface area contributed by atoms with Gasteiger partial charge in [0.15, 0.2) is 0 Å². The standard InChI is InChI=1S/C29H37N3O5/c1-35-26-12-6-10-24(30-26)28(34)31-17-14-29(15-18-31)13-4-5-19-36-20-22-8-7-16-32(22)27(33)23-9-2-3-11-25(23)37-21-29/h2-3,6,9-12,22H,4-5,7-8,13-21H2,1H3/t22-/m0/s1. The van der Waals surface area contributed by atoms with Gasteiger partial charge in [-0.25, -0.2) is 4.98 Å². The molecule has 0 N–H and O–H groups in total. The lowest BCUT2D eigenvalue weighted by molar-refractivity contribution is 0.0300. The smallest absolute Gasteiger partial charge is 0.272 e. The molecule has 2 amide bonds. The van der Waals surface area contributed by atoms with Gasteiger partial charge >= 0.3 is 0 Å². The minimum absolute atomic E-state index is 0.0269. The lowest BCUT2D eigenvalue weighted by Crippen LogP contribution is -2.46. The van der Waals surface area contributed by atoms with Crippen molar-refractivity contribution in [1.82, 2.24) is 14.8 Å². The van der Waals surface area contributed by atoms with Crippen molar-refractivity contribution in [3.8, 4) is 11.6 Å². The number of rotatable bonds is 2. The number of hydrogen-bond acceptors (Lipinski definition) is 6. The lowest BCUT2D eigenvalue weighted by Gasteiger charge is -2.42. The predicted molar refractivity (Wildman–Crippen MR) is 139 cm³/mol. The number of para-hydroxylation sites is 1. The number of carbonyl (C=O) groups excluding carboxylic acids is 2. The van der Waals surface area contributed by atoms with Crippen molar-refractivity contribution in [2.75, 3.05) is 46.6 Å². The number of pyridine rings is 1. The summed E-state index contributed by atoms with van der Waals surface area (Å²) >= 11 is 0. The van der Waals surface area contributed by atoms with E-state index in [1.54, 1.807) is 25.3 Å². The summed E-state index contributed by atoms with van der Waals surface area (Å²) in [4.78, 5) is 34.8. The van der Waals surface area contributed by atoms with E-state index in [-0.39, 0.29) is 23.3 Å². The van der Waals surface area contributed by atoms with Crippen molar-refractivity contribution >= 4 is 11.8 Å². The summed E-state index contributed by atoms with van der Waals surface area (Å²) in [6.45, 7) is 3.88. The Bertz CT molecular complexity index is 1100. The second kappa shape index (κ2) is 11.5. The fraction of sp³-hybridized carbons (Fsp3) is 0.552. The van der Waals surface area contributed by atoms with E-state index in [1.165, 1.54) is 0 Å². The van der Waals surface area contributed by atoms with Crippen LogP contribution in [0.15, 0.2) is 42.5 Å². The molecule has 0 bridgehead atoms. The fourth-order valence-electron chi connectivity index (χ4n) is 5.81. The second-order valence-electron chi connectivity index (χ2n) is 10.5. The first-order valence-corrected chi connectivity index (χ1v) is 13.5. The van der Waals surface area contributed by atoms with Gasteiger partial charge in [-0.15, -0.1) is 0 Å². The Morgan fingerprint density at radius 2 is 1.86 bits per heavy atom. The second-order valence-corrected chi connectivity index (χ2v) is 10.5. The number of benzene rings is 1. The van der Waals surface area contributed by atoms with E-state index in [4.69, 9.17) is 14.2 Å². The van der Waals surface area contributed by atoms with Crippen molar-refractivity contribution in [2.24, 2.45) is 5.41 Å². The molecule has 0 aliphatic carbocycles. The molecule has 2 aromatic rings. The van der Waals surface area contributed by atoms with Gasteiger partial charge in [-0.3, -0.25) is 9.59 Å². The first kappa shape index (κ1) is 25.5. The van der Waals surface area contributed by atoms with Crippen LogP contribution < -0.4 is 9.47 Å². The summed E-state index contributed by atoms with van der Waals surface area (Å²) in [5.74, 6) is 1.04. The van der Waals surface area contributed by atoms with E-state index in [1.807, 2.05) is 34.1 Å². The largest absolute Gasteiger partial charge is 0.492 e. The Morgan fingerprint density at radius 1 is 1.03 bits per heavy atom. The molecule has 1 atom stereocenters. The molecule has 8 heteroatoms. The Labute approximate surface area is 218 Å². The Kier molecular flexibility index (Phi) is 7.93. The van der Waals surface area contributed by atoms with Gasteiger partial charge in [0.05, 0.1) is 31.9 Å². The number of methoxy groups -OCH3 is 1. The first-order chi connectivity index (χ1) is 18.1. The number of aromatic nitrogens is 1. The monoisotopic (exact) mass is 507 g/mol. The molecular formula is C29H37N3O5. The topological polar surface area (TPSA) is 81.2 Å². The van der Waals surface area contributed by atoms with Crippen LogP contribution in [0.3, 0.4) is 0 Å². The molecule has 8 nitrogen and oxygen atoms in total. The minimum atomic E-state index is -0.0694. The molecule has 3 aliphatic heterocycles. The molecule has 1 spiro atoms. The van der Waals surface area contributed by atoms with Crippen LogP contribution in [-0.2, 0) is 4.74 Å². The summed E-state index contributed by atoms with van der Waals surface area (Å²) in [5, 5.41) is 0. The molecule has 0 saturated carbocycles. The number of likely N-dealkylation sites (tertiary alicyclic amines) is 1. The fourth-order valence-corrected chi connectivity index (χ4v) is 5.81. The van der Waals surface area contributed by atoms with Crippen LogP contribution >= 0.6 is 0 Å². The van der Waals surface area contributed by atoms with E-state index >= 15 is 0 Å². The summed E-state index contributed by atoms with van der Waals surface area (Å²) in [6.07, 6.45) is 6.70. The Balaban J connectivity index is 1.31. The van der Waals surface area contributed by atoms with Crippen molar-refractivity contribution in [3.63, 3.8) is 0 Å². The number of fused-ring (bicyclic) bond motifs is 2. The maximum absolute atomic E-state index is 13.5. The predicted octanol–water partition coefficient (Wildman–Crippen LogP) is 4.20. The Hall–Kier alpha value is -3.13. The van der Waals surface area contributed by atoms with Crippen molar-refractivity contribution in [2.45, 2.75) is 51.0 Å². The van der Waals surface area contributed by atoms with Gasteiger partial charge < -0.3 is 24.0 Å². The first-order valence-electron chi connectivity index (χ1n) is 13.5. The zero-order valence-corrected chi connectivity index (χ0v) is 21.7. The highest BCUT2D eigenvalue weighted by Gasteiger charge is 2.38. The van der Waals surface area contributed by atoms with Gasteiger partial charge in [0.1, 0.15) is 11.4 Å². The molecule has 5 rings (SSSR count). The molecule has 37 heavy (non-hydrogen) atoms. The van der Waals surface area contributed by atoms with Gasteiger partial charge in [0, 0.05) is 37.7 Å². The number of nitrogens with zero attached hydrogens (tertiary/aromatic N) is 3. The number of hydrogen-bond donors (Lipinski definition) is 0. The van der Waals surface area contributed by atoms with Gasteiger partial charge in [0.2, 0.25) is 5.88 Å². The van der Waals surface area contributed by atoms with Crippen molar-refractivity contribution in [3.05, 3.63) is 53.7 Å². The van der Waals surface area contributed by atoms with E-state index in [0.29, 0.717) is 55.8 Å². The third-order valence-electron chi connectivity index (χ3n) is 8.11. The third-order valence-corrected chi connectivity index (χ3v) is 8.11. The molecule has 1 aromatic heterocycles. The average Bonchev–Trinajstić information content (AvgIpc) is 3.42. The highest BCUT2D eigenvalue weighted by Crippen LogP contribution is 2.38. The highest BCUT2D eigenvalue weighted by atomic mass is 16.5. The van der Waals surface area contributed by atoms with Crippen LogP contribution in [0.1, 0.15) is 65.8 Å². The highest BCUT2D eigenvalue weighted by molar-refractivity contribution is 5.97. The molecule has 2 saturated heterocycles. The summed E-state index contributed by atoms with van der Waals surface area (Å²) in [7, 11) is 1.55. The Morgan fingerprint density at radius 3 is 2.70 bits per heavy atom. The van der Waals surface area contributed by atoms with Gasteiger partial charge in [-0.2, -0.15) is 0 Å². The van der Waals surface area contributed by atoms with Gasteiger partial charge in [0.25, 0.3) is 11.8 Å². The van der Waals surface area contributed by atoms with E-state index in [0.717, 1.165) is 51.5 Å². The van der Waals surface area contributed by atoms with Gasteiger partial charge in [-0.05, 0) is 56.7 Å². The van der Waals surface area contributed by atoms with Crippen molar-refractivity contribution in [1.29, 1.82) is 0 Å². The van der Waals surface area contributed by atoms with Crippen LogP contribution in [0.25, 0.3) is 0 Å². The van der Waals surface area contributed by atoms with Crippen LogP contribution in [0.5, 0.6) is 11.6 Å². The molecule has 4 heterocycles. The third kappa shape index (κ3) is 5.74. The molecular weight excluding hydrogens is 470 g/mol. The molecule has 3 aliphatic rings. The SMILES string of the molecule is COc1cccc(C(=O)N2CCC3(CCCCOC[C@@H]4CCCN4C(=O)c4ccccc4OC3)CC2)n1. The van der Waals surface area contributed by atoms with E-state index in [2.05, 4.69) is 4.98 Å². The minimum Gasteiger partial charge on any atom is -0.492 e. The van der Waals surface area contributed by atoms with Crippen molar-refractivity contribution < 1.29 is 23.8 Å². The summed E-state index contributed by atoms with van der Waals surface area (Å²) < 4.78 is 17.7. The summed E-state index contributed by atoms with van der Waals surface area (Å²) in [6, 6.07) is 13.0. The molecule has 1 aromatic carbocycles. The van der Waals surface area contributed by atoms with Crippen LogP contribution in [-0.4, -0.2) is 79.2 Å². The molecule has 2 fully saturated rings. The number of piperidine rings is 1. The van der Waals surface area contributed by atoms with Crippen LogP contribution in [0.2, 0.25) is 0 Å². The molecule has 0 radical (unpaired) electrons. The number of ether oxygens (including phenoxy) is 3. The molecule has 0 unspecified atom stereocenters. The molecule has 198 valence electrons. The number of carbonyl (C=O) groups is 2. The normalized spacial score (nSPS) is 22.5. The van der Waals surface area contributed by atoms with Gasteiger partial charge in [-0.1, -0.05) is 24.6 Å². The zero-order chi connectivity index (χ0) is 25.7. The zero-order valence-electron chi connectivity index (χ0n) is 21.7. The van der Waals surface area contributed by atoms with Crippen LogP contribution in [0.4, 0.5) is 0 Å². The van der Waals surface area contributed by atoms with E-state index in [9.17, 15) is 9.59 Å². The quantitative estimate of drug-likeness (QED) is 0.606. The number of amides is 2. The average molecular weight is 508 g/mol. The maximum Gasteiger partial charge on any atom is 0.272 e. The maximum atomic E-state index is 13.5.